The SMILES string of the molecule is CCNCCNC(=O)CCOc1ccc(Cl)cc1[N+](=O)[O-].Cl. The molecule has 0 aliphatic heterocycles. The molecule has 1 amide bonds. The van der Waals surface area contributed by atoms with Crippen LogP contribution in [0, 0.1) is 10.1 Å². The van der Waals surface area contributed by atoms with Gasteiger partial charge in [-0.3, -0.25) is 14.9 Å². The van der Waals surface area contributed by atoms with Crippen molar-refractivity contribution in [1.29, 1.82) is 0 Å². The molecule has 0 saturated heterocycles. The highest BCUT2D eigenvalue weighted by Crippen LogP contribution is 2.29. The van der Waals surface area contributed by atoms with E-state index in [1.165, 1.54) is 18.2 Å². The number of halogens is 2. The van der Waals surface area contributed by atoms with E-state index in [2.05, 4.69) is 10.6 Å². The van der Waals surface area contributed by atoms with Crippen LogP contribution in [0.3, 0.4) is 0 Å². The Kier molecular flexibility index (Phi) is 10.3. The average Bonchev–Trinajstić information content (AvgIpc) is 2.45. The summed E-state index contributed by atoms with van der Waals surface area (Å²) in [6, 6.07) is 4.14. The Balaban J connectivity index is 0.00000441. The zero-order valence-electron chi connectivity index (χ0n) is 12.1. The lowest BCUT2D eigenvalue weighted by Crippen LogP contribution is -2.32. The number of hydrogen-bond donors (Lipinski definition) is 2. The summed E-state index contributed by atoms with van der Waals surface area (Å²) < 4.78 is 5.27. The van der Waals surface area contributed by atoms with E-state index in [4.69, 9.17) is 16.3 Å². The van der Waals surface area contributed by atoms with Crippen molar-refractivity contribution in [1.82, 2.24) is 10.6 Å². The number of rotatable bonds is 9. The number of hydrogen-bond acceptors (Lipinski definition) is 5. The molecular weight excluding hydrogens is 333 g/mol. The average molecular weight is 352 g/mol. The van der Waals surface area contributed by atoms with Crippen molar-refractivity contribution in [2.24, 2.45) is 0 Å². The Morgan fingerprint density at radius 3 is 2.77 bits per heavy atom. The molecule has 0 spiro atoms. The fourth-order valence-electron chi connectivity index (χ4n) is 1.56. The summed E-state index contributed by atoms with van der Waals surface area (Å²) in [6.07, 6.45) is 0.131. The maximum atomic E-state index is 11.5. The second-order valence-corrected chi connectivity index (χ2v) is 4.61. The van der Waals surface area contributed by atoms with E-state index < -0.39 is 4.92 Å². The van der Waals surface area contributed by atoms with E-state index in [1.807, 2.05) is 6.92 Å². The van der Waals surface area contributed by atoms with Gasteiger partial charge in [-0.1, -0.05) is 18.5 Å². The Labute approximate surface area is 139 Å². The predicted octanol–water partition coefficient (Wildman–Crippen LogP) is 2.16. The fourth-order valence-corrected chi connectivity index (χ4v) is 1.73. The van der Waals surface area contributed by atoms with Gasteiger partial charge in [0.1, 0.15) is 0 Å². The maximum absolute atomic E-state index is 11.5. The zero-order valence-corrected chi connectivity index (χ0v) is 13.7. The van der Waals surface area contributed by atoms with Gasteiger partial charge >= 0.3 is 5.69 Å². The molecule has 0 atom stereocenters. The molecule has 22 heavy (non-hydrogen) atoms. The summed E-state index contributed by atoms with van der Waals surface area (Å²) in [6.45, 7) is 4.13. The van der Waals surface area contributed by atoms with Gasteiger partial charge in [0.25, 0.3) is 0 Å². The van der Waals surface area contributed by atoms with Gasteiger partial charge in [-0.25, -0.2) is 0 Å². The van der Waals surface area contributed by atoms with Crippen molar-refractivity contribution in [2.45, 2.75) is 13.3 Å². The molecule has 1 aromatic rings. The molecule has 0 aromatic heterocycles. The molecule has 1 aromatic carbocycles. The molecule has 1 rings (SSSR count). The number of nitro benzene ring substituents is 1. The number of nitrogens with one attached hydrogen (secondary N) is 2. The maximum Gasteiger partial charge on any atom is 0.312 e. The smallest absolute Gasteiger partial charge is 0.312 e. The van der Waals surface area contributed by atoms with Crippen molar-refractivity contribution in [3.8, 4) is 5.75 Å². The van der Waals surface area contributed by atoms with Crippen LogP contribution in [-0.2, 0) is 4.79 Å². The van der Waals surface area contributed by atoms with Crippen molar-refractivity contribution >= 4 is 35.6 Å². The third kappa shape index (κ3) is 7.44. The number of ether oxygens (including phenoxy) is 1. The van der Waals surface area contributed by atoms with Crippen LogP contribution in [0.15, 0.2) is 18.2 Å². The topological polar surface area (TPSA) is 93.5 Å². The van der Waals surface area contributed by atoms with Gasteiger partial charge in [-0.15, -0.1) is 12.4 Å². The van der Waals surface area contributed by atoms with Gasteiger partial charge in [0.15, 0.2) is 5.75 Å². The van der Waals surface area contributed by atoms with Gasteiger partial charge < -0.3 is 15.4 Å². The molecule has 9 heteroatoms. The second kappa shape index (κ2) is 11.1. The van der Waals surface area contributed by atoms with Crippen LogP contribution in [0.5, 0.6) is 5.75 Å². The quantitative estimate of drug-likeness (QED) is 0.404. The minimum atomic E-state index is -0.572. The molecule has 0 bridgehead atoms. The number of amides is 1. The van der Waals surface area contributed by atoms with Crippen LogP contribution >= 0.6 is 24.0 Å². The molecule has 0 aliphatic rings. The lowest BCUT2D eigenvalue weighted by atomic mass is 10.3. The third-order valence-electron chi connectivity index (χ3n) is 2.58. The summed E-state index contributed by atoms with van der Waals surface area (Å²) in [7, 11) is 0. The molecular formula is C13H19Cl2N3O4. The van der Waals surface area contributed by atoms with Gasteiger partial charge in [-0.05, 0) is 18.7 Å². The van der Waals surface area contributed by atoms with Crippen molar-refractivity contribution in [3.63, 3.8) is 0 Å². The number of nitrogens with zero attached hydrogens (tertiary/aromatic N) is 1. The first-order valence-corrected chi connectivity index (χ1v) is 6.96. The number of carbonyl (C=O) groups excluding carboxylic acids is 1. The number of likely N-dealkylation sites (N-methyl/N-ethyl adjacent to an activating group) is 1. The molecule has 0 unspecified atom stereocenters. The first kappa shape index (κ1) is 20.4. The van der Waals surface area contributed by atoms with E-state index in [0.717, 1.165) is 6.54 Å². The Morgan fingerprint density at radius 1 is 1.41 bits per heavy atom. The predicted molar refractivity (Wildman–Crippen MR) is 87.0 cm³/mol. The second-order valence-electron chi connectivity index (χ2n) is 4.17. The van der Waals surface area contributed by atoms with E-state index in [-0.39, 0.29) is 47.8 Å². The third-order valence-corrected chi connectivity index (χ3v) is 2.81. The van der Waals surface area contributed by atoms with Crippen molar-refractivity contribution < 1.29 is 14.5 Å². The highest BCUT2D eigenvalue weighted by Gasteiger charge is 2.15. The lowest BCUT2D eigenvalue weighted by molar-refractivity contribution is -0.385. The van der Waals surface area contributed by atoms with Crippen LogP contribution in [0.1, 0.15) is 13.3 Å². The van der Waals surface area contributed by atoms with Crippen molar-refractivity contribution in [2.75, 3.05) is 26.2 Å². The van der Waals surface area contributed by atoms with E-state index in [0.29, 0.717) is 13.1 Å². The van der Waals surface area contributed by atoms with Crippen LogP contribution in [0.4, 0.5) is 5.69 Å². The summed E-state index contributed by atoms with van der Waals surface area (Å²) >= 11 is 5.70. The molecule has 7 nitrogen and oxygen atoms in total. The molecule has 0 saturated carbocycles. The Hall–Kier alpha value is -1.57. The molecule has 0 fully saturated rings. The number of benzene rings is 1. The van der Waals surface area contributed by atoms with Crippen molar-refractivity contribution in [3.05, 3.63) is 33.3 Å². The highest BCUT2D eigenvalue weighted by atomic mass is 35.5. The molecule has 0 aliphatic carbocycles. The summed E-state index contributed by atoms with van der Waals surface area (Å²) in [5, 5.41) is 16.9. The van der Waals surface area contributed by atoms with Gasteiger partial charge in [-0.2, -0.15) is 0 Å². The zero-order chi connectivity index (χ0) is 15.7. The standard InChI is InChI=1S/C13H18ClN3O4.ClH/c1-2-15-6-7-16-13(18)5-8-21-12-4-3-10(14)9-11(12)17(19)20;/h3-4,9,15H,2,5-8H2,1H3,(H,16,18);1H. The first-order chi connectivity index (χ1) is 10.0. The van der Waals surface area contributed by atoms with Gasteiger partial charge in [0, 0.05) is 24.2 Å². The summed E-state index contributed by atoms with van der Waals surface area (Å²) in [5.74, 6) is -0.0608. The van der Waals surface area contributed by atoms with E-state index >= 15 is 0 Å². The normalized spacial score (nSPS) is 9.73. The van der Waals surface area contributed by atoms with Gasteiger partial charge in [0.05, 0.1) is 18.0 Å². The minimum Gasteiger partial charge on any atom is -0.486 e. The van der Waals surface area contributed by atoms with Crippen LogP contribution in [0.25, 0.3) is 0 Å². The van der Waals surface area contributed by atoms with E-state index in [1.54, 1.807) is 0 Å². The molecule has 2 N–H and O–H groups in total. The molecule has 124 valence electrons. The highest BCUT2D eigenvalue weighted by molar-refractivity contribution is 6.30. The van der Waals surface area contributed by atoms with Crippen LogP contribution in [-0.4, -0.2) is 37.1 Å². The Bertz CT molecular complexity index is 500. The number of nitro groups is 1. The minimum absolute atomic E-state index is 0. The molecule has 0 radical (unpaired) electrons. The Morgan fingerprint density at radius 2 is 2.14 bits per heavy atom. The fraction of sp³-hybridized carbons (Fsp3) is 0.462. The van der Waals surface area contributed by atoms with E-state index in [9.17, 15) is 14.9 Å². The number of carbonyl (C=O) groups is 1. The van der Waals surface area contributed by atoms with Crippen LogP contribution < -0.4 is 15.4 Å². The molecule has 0 heterocycles. The largest absolute Gasteiger partial charge is 0.486 e. The van der Waals surface area contributed by atoms with Crippen LogP contribution in [0.2, 0.25) is 5.02 Å². The summed E-state index contributed by atoms with van der Waals surface area (Å²) in [5.41, 5.74) is -0.213. The first-order valence-electron chi connectivity index (χ1n) is 6.58. The lowest BCUT2D eigenvalue weighted by Gasteiger charge is -2.08. The monoisotopic (exact) mass is 351 g/mol. The summed E-state index contributed by atoms with van der Waals surface area (Å²) in [4.78, 5) is 21.8. The van der Waals surface area contributed by atoms with Gasteiger partial charge in [0.2, 0.25) is 5.91 Å².